The molecule has 0 radical (unpaired) electrons. The van der Waals surface area contributed by atoms with Gasteiger partial charge in [-0.05, 0) is 24.3 Å². The molecule has 2 heterocycles. The molecule has 0 atom stereocenters. The van der Waals surface area contributed by atoms with Crippen molar-refractivity contribution in [2.24, 2.45) is 5.10 Å². The van der Waals surface area contributed by atoms with E-state index in [1.54, 1.807) is 24.3 Å². The van der Waals surface area contributed by atoms with E-state index < -0.39 is 5.91 Å². The van der Waals surface area contributed by atoms with Crippen LogP contribution in [0.5, 0.6) is 17.2 Å². The van der Waals surface area contributed by atoms with Crippen LogP contribution in [0.15, 0.2) is 47.6 Å². The molecule has 4 rings (SSSR count). The first-order chi connectivity index (χ1) is 13.1. The van der Waals surface area contributed by atoms with Crippen molar-refractivity contribution in [2.45, 2.75) is 0 Å². The first-order valence-corrected chi connectivity index (χ1v) is 8.51. The molecule has 1 aromatic heterocycles. The highest BCUT2D eigenvalue weighted by Gasteiger charge is 2.14. The average molecular weight is 384 g/mol. The Morgan fingerprint density at radius 1 is 1.19 bits per heavy atom. The highest BCUT2D eigenvalue weighted by atomic mass is 35.5. The summed E-state index contributed by atoms with van der Waals surface area (Å²) in [5.41, 5.74) is 3.67. The van der Waals surface area contributed by atoms with Gasteiger partial charge in [0.05, 0.1) is 17.3 Å². The lowest BCUT2D eigenvalue weighted by Gasteiger charge is -2.18. The number of aromatic nitrogens is 1. The second-order valence-electron chi connectivity index (χ2n) is 5.77. The van der Waals surface area contributed by atoms with Crippen LogP contribution in [0.4, 0.5) is 0 Å². The third-order valence-electron chi connectivity index (χ3n) is 3.98. The number of carbonyl (C=O) groups excluding carboxylic acids is 1. The Morgan fingerprint density at radius 3 is 2.70 bits per heavy atom. The van der Waals surface area contributed by atoms with E-state index in [0.717, 1.165) is 5.39 Å². The second-order valence-corrected chi connectivity index (χ2v) is 6.13. The number of benzene rings is 2. The number of hydrazone groups is 1. The Labute approximate surface area is 159 Å². The highest BCUT2D eigenvalue weighted by molar-refractivity contribution is 6.32. The summed E-state index contributed by atoms with van der Waals surface area (Å²) >= 11 is 6.22. The Hall–Kier alpha value is -3.32. The van der Waals surface area contributed by atoms with Gasteiger partial charge in [0.25, 0.3) is 5.91 Å². The maximum atomic E-state index is 12.0. The summed E-state index contributed by atoms with van der Waals surface area (Å²) < 4.78 is 11.1. The second kappa shape index (κ2) is 7.13. The molecule has 0 aliphatic carbocycles. The first-order valence-electron chi connectivity index (χ1n) is 8.13. The molecule has 0 saturated carbocycles. The van der Waals surface area contributed by atoms with Gasteiger partial charge in [-0.1, -0.05) is 23.7 Å². The minimum absolute atomic E-state index is 0.123. The number of nitrogens with one attached hydrogen (secondary N) is 1. The van der Waals surface area contributed by atoms with E-state index in [-0.39, 0.29) is 16.5 Å². The summed E-state index contributed by atoms with van der Waals surface area (Å²) in [5.74, 6) is 0.624. The van der Waals surface area contributed by atoms with Gasteiger partial charge in [0.2, 0.25) is 0 Å². The maximum absolute atomic E-state index is 12.0. The molecule has 27 heavy (non-hydrogen) atoms. The van der Waals surface area contributed by atoms with Gasteiger partial charge >= 0.3 is 0 Å². The van der Waals surface area contributed by atoms with Gasteiger partial charge in [0.15, 0.2) is 11.5 Å². The lowest BCUT2D eigenvalue weighted by Crippen LogP contribution is -2.17. The topological polar surface area (TPSA) is 93.0 Å². The summed E-state index contributed by atoms with van der Waals surface area (Å²) in [5, 5.41) is 14.6. The molecule has 2 N–H and O–H groups in total. The van der Waals surface area contributed by atoms with Crippen LogP contribution in [0.3, 0.4) is 0 Å². The average Bonchev–Trinajstić information content (AvgIpc) is 2.67. The van der Waals surface area contributed by atoms with Crippen LogP contribution in [-0.2, 0) is 0 Å². The largest absolute Gasteiger partial charge is 0.507 e. The predicted octanol–water partition coefficient (Wildman–Crippen LogP) is 3.13. The van der Waals surface area contributed by atoms with E-state index in [1.807, 2.05) is 6.07 Å². The third kappa shape index (κ3) is 3.50. The van der Waals surface area contributed by atoms with E-state index in [4.69, 9.17) is 21.1 Å². The molecule has 2 aromatic carbocycles. The van der Waals surface area contributed by atoms with Gasteiger partial charge in [0, 0.05) is 17.0 Å². The number of rotatable bonds is 3. The SMILES string of the molecule is O=C(N/N=C/c1cc2cc3c(cc2nc1Cl)OCCO3)c1ccccc1O. The summed E-state index contributed by atoms with van der Waals surface area (Å²) in [7, 11) is 0. The van der Waals surface area contributed by atoms with Crippen LogP contribution in [0, 0.1) is 0 Å². The number of hydrogen-bond acceptors (Lipinski definition) is 6. The minimum Gasteiger partial charge on any atom is -0.507 e. The molecular weight excluding hydrogens is 370 g/mol. The zero-order chi connectivity index (χ0) is 18.8. The van der Waals surface area contributed by atoms with Crippen molar-refractivity contribution < 1.29 is 19.4 Å². The number of carbonyl (C=O) groups is 1. The standard InChI is InChI=1S/C19H14ClN3O4/c20-18-12(10-21-23-19(25)13-3-1-2-4-15(13)24)7-11-8-16-17(9-14(11)22-18)27-6-5-26-16/h1-4,7-10,24H,5-6H2,(H,23,25)/b21-10+. The number of fused-ring (bicyclic) bond motifs is 2. The van der Waals surface area contributed by atoms with Gasteiger partial charge in [-0.25, -0.2) is 10.4 Å². The fraction of sp³-hybridized carbons (Fsp3) is 0.105. The lowest BCUT2D eigenvalue weighted by atomic mass is 10.1. The van der Waals surface area contributed by atoms with Gasteiger partial charge < -0.3 is 14.6 Å². The molecule has 0 unspecified atom stereocenters. The van der Waals surface area contributed by atoms with Crippen LogP contribution in [0.2, 0.25) is 5.15 Å². The van der Waals surface area contributed by atoms with Crippen LogP contribution in [0.1, 0.15) is 15.9 Å². The van der Waals surface area contributed by atoms with Crippen molar-refractivity contribution in [3.8, 4) is 17.2 Å². The summed E-state index contributed by atoms with van der Waals surface area (Å²) in [6.45, 7) is 0.986. The van der Waals surface area contributed by atoms with E-state index >= 15 is 0 Å². The molecule has 0 spiro atoms. The molecule has 1 aliphatic heterocycles. The van der Waals surface area contributed by atoms with E-state index in [9.17, 15) is 9.90 Å². The predicted molar refractivity (Wildman–Crippen MR) is 101 cm³/mol. The van der Waals surface area contributed by atoms with Crippen molar-refractivity contribution in [2.75, 3.05) is 13.2 Å². The zero-order valence-corrected chi connectivity index (χ0v) is 14.7. The van der Waals surface area contributed by atoms with Crippen molar-refractivity contribution >= 4 is 34.6 Å². The van der Waals surface area contributed by atoms with Crippen LogP contribution in [-0.4, -0.2) is 35.4 Å². The summed E-state index contributed by atoms with van der Waals surface area (Å²) in [6, 6.07) is 11.6. The lowest BCUT2D eigenvalue weighted by molar-refractivity contribution is 0.0952. The quantitative estimate of drug-likeness (QED) is 0.412. The Balaban J connectivity index is 1.58. The number of pyridine rings is 1. The number of para-hydroxylation sites is 1. The van der Waals surface area contributed by atoms with Gasteiger partial charge in [-0.3, -0.25) is 4.79 Å². The number of amides is 1. The minimum atomic E-state index is -0.533. The molecule has 7 nitrogen and oxygen atoms in total. The number of hydrogen-bond donors (Lipinski definition) is 2. The van der Waals surface area contributed by atoms with Crippen LogP contribution < -0.4 is 14.9 Å². The van der Waals surface area contributed by atoms with Crippen molar-refractivity contribution in [1.82, 2.24) is 10.4 Å². The van der Waals surface area contributed by atoms with Crippen LogP contribution in [0.25, 0.3) is 10.9 Å². The highest BCUT2D eigenvalue weighted by Crippen LogP contribution is 2.34. The van der Waals surface area contributed by atoms with Crippen molar-refractivity contribution in [1.29, 1.82) is 0 Å². The summed E-state index contributed by atoms with van der Waals surface area (Å²) in [6.07, 6.45) is 1.39. The molecular formula is C19H14ClN3O4. The Morgan fingerprint density at radius 2 is 1.93 bits per heavy atom. The Kier molecular flexibility index (Phi) is 4.52. The molecule has 0 saturated heterocycles. The van der Waals surface area contributed by atoms with Gasteiger partial charge in [-0.15, -0.1) is 0 Å². The molecule has 1 aliphatic rings. The van der Waals surface area contributed by atoms with Gasteiger partial charge in [-0.2, -0.15) is 5.10 Å². The third-order valence-corrected chi connectivity index (χ3v) is 4.28. The fourth-order valence-corrected chi connectivity index (χ4v) is 2.87. The Bertz CT molecular complexity index is 1070. The van der Waals surface area contributed by atoms with E-state index in [2.05, 4.69) is 15.5 Å². The molecule has 0 fully saturated rings. The molecule has 8 heteroatoms. The van der Waals surface area contributed by atoms with E-state index in [1.165, 1.54) is 18.3 Å². The van der Waals surface area contributed by atoms with Gasteiger partial charge in [0.1, 0.15) is 24.1 Å². The van der Waals surface area contributed by atoms with Crippen molar-refractivity contribution in [3.63, 3.8) is 0 Å². The number of phenols is 1. The number of halogens is 1. The van der Waals surface area contributed by atoms with E-state index in [0.29, 0.717) is 35.8 Å². The molecule has 136 valence electrons. The van der Waals surface area contributed by atoms with Crippen molar-refractivity contribution in [3.05, 3.63) is 58.7 Å². The first kappa shape index (κ1) is 17.1. The molecule has 0 bridgehead atoms. The fourth-order valence-electron chi connectivity index (χ4n) is 2.68. The normalized spacial score (nSPS) is 13.1. The molecule has 1 amide bonds. The zero-order valence-electron chi connectivity index (χ0n) is 14.0. The number of phenolic OH excluding ortho intramolecular Hbond substituents is 1. The smallest absolute Gasteiger partial charge is 0.275 e. The summed E-state index contributed by atoms with van der Waals surface area (Å²) in [4.78, 5) is 16.4. The van der Waals surface area contributed by atoms with Crippen LogP contribution >= 0.6 is 11.6 Å². The number of ether oxygens (including phenoxy) is 2. The number of nitrogens with zero attached hydrogens (tertiary/aromatic N) is 2. The monoisotopic (exact) mass is 383 g/mol. The number of aromatic hydroxyl groups is 1. The molecule has 3 aromatic rings. The maximum Gasteiger partial charge on any atom is 0.275 e.